The number of nitrogens with zero attached hydrogens (tertiary/aromatic N) is 3. The summed E-state index contributed by atoms with van der Waals surface area (Å²) in [7, 11) is 0. The molecular formula is C18H19N5O2. The van der Waals surface area contributed by atoms with Gasteiger partial charge in [-0.2, -0.15) is 5.26 Å². The minimum atomic E-state index is -0.351. The molecule has 0 unspecified atom stereocenters. The van der Waals surface area contributed by atoms with Crippen molar-refractivity contribution in [2.45, 2.75) is 19.9 Å². The first-order valence-corrected chi connectivity index (χ1v) is 7.81. The molecule has 0 spiro atoms. The highest BCUT2D eigenvalue weighted by molar-refractivity contribution is 6.02. The van der Waals surface area contributed by atoms with E-state index in [1.54, 1.807) is 18.2 Å². The number of pyridine rings is 1. The van der Waals surface area contributed by atoms with E-state index in [-0.39, 0.29) is 17.6 Å². The topological polar surface area (TPSA) is 113 Å². The number of rotatable bonds is 6. The number of nitrogens with one attached hydrogen (secondary N) is 1. The fourth-order valence-electron chi connectivity index (χ4n) is 1.96. The maximum Gasteiger partial charge on any atom is 0.282 e. The van der Waals surface area contributed by atoms with Crippen LogP contribution in [0.15, 0.2) is 47.6 Å². The summed E-state index contributed by atoms with van der Waals surface area (Å²) in [4.78, 5) is 20.3. The van der Waals surface area contributed by atoms with E-state index in [0.717, 1.165) is 12.0 Å². The maximum atomic E-state index is 12.2. The van der Waals surface area contributed by atoms with Crippen LogP contribution in [0.1, 0.15) is 35.0 Å². The van der Waals surface area contributed by atoms with Gasteiger partial charge in [0.2, 0.25) is 0 Å². The lowest BCUT2D eigenvalue weighted by Gasteiger charge is -2.07. The summed E-state index contributed by atoms with van der Waals surface area (Å²) in [6, 6.07) is 12.4. The normalized spacial score (nSPS) is 10.8. The zero-order chi connectivity index (χ0) is 18.1. The van der Waals surface area contributed by atoms with Crippen molar-refractivity contribution in [1.29, 1.82) is 5.26 Å². The minimum absolute atomic E-state index is 0.151. The first-order valence-electron chi connectivity index (χ1n) is 7.81. The van der Waals surface area contributed by atoms with Gasteiger partial charge in [0.1, 0.15) is 11.8 Å². The highest BCUT2D eigenvalue weighted by Crippen LogP contribution is 2.13. The zero-order valence-corrected chi connectivity index (χ0v) is 13.9. The Morgan fingerprint density at radius 3 is 2.92 bits per heavy atom. The van der Waals surface area contributed by atoms with E-state index >= 15 is 0 Å². The van der Waals surface area contributed by atoms with Crippen molar-refractivity contribution in [3.05, 3.63) is 59.4 Å². The van der Waals surface area contributed by atoms with Gasteiger partial charge in [-0.05, 0) is 36.2 Å². The molecule has 1 aromatic carbocycles. The number of aromatic nitrogens is 1. The molecule has 1 amide bonds. The van der Waals surface area contributed by atoms with Gasteiger partial charge in [0, 0.05) is 11.9 Å². The number of amidine groups is 1. The van der Waals surface area contributed by atoms with Crippen LogP contribution < -0.4 is 11.1 Å². The lowest BCUT2D eigenvalue weighted by atomic mass is 10.2. The average Bonchev–Trinajstić information content (AvgIpc) is 2.65. The van der Waals surface area contributed by atoms with Crippen molar-refractivity contribution >= 4 is 17.6 Å². The number of hydrogen-bond acceptors (Lipinski definition) is 5. The van der Waals surface area contributed by atoms with E-state index in [4.69, 9.17) is 15.7 Å². The molecule has 0 radical (unpaired) electrons. The van der Waals surface area contributed by atoms with Gasteiger partial charge in [0.05, 0.1) is 18.7 Å². The molecule has 7 nitrogen and oxygen atoms in total. The lowest BCUT2D eigenvalue weighted by molar-refractivity contribution is 0.102. The molecule has 0 aliphatic carbocycles. The number of carbonyl (C=O) groups excluding carboxylic acids is 1. The third-order valence-electron chi connectivity index (χ3n) is 3.18. The van der Waals surface area contributed by atoms with Crippen molar-refractivity contribution in [1.82, 2.24) is 4.98 Å². The number of anilines is 1. The average molecular weight is 337 g/mol. The van der Waals surface area contributed by atoms with E-state index in [2.05, 4.69) is 15.3 Å². The van der Waals surface area contributed by atoms with Gasteiger partial charge in [-0.1, -0.05) is 19.1 Å². The zero-order valence-electron chi connectivity index (χ0n) is 13.9. The predicted molar refractivity (Wildman–Crippen MR) is 94.9 cm³/mol. The maximum absolute atomic E-state index is 12.2. The molecule has 128 valence electrons. The van der Waals surface area contributed by atoms with Gasteiger partial charge in [-0.3, -0.25) is 4.79 Å². The van der Waals surface area contributed by atoms with Crippen LogP contribution in [0.2, 0.25) is 0 Å². The largest absolute Gasteiger partial charge is 0.465 e. The molecule has 3 N–H and O–H groups in total. The monoisotopic (exact) mass is 337 g/mol. The van der Waals surface area contributed by atoms with Gasteiger partial charge < -0.3 is 15.8 Å². The van der Waals surface area contributed by atoms with E-state index < -0.39 is 0 Å². The number of nitrogens with two attached hydrogens (primary N) is 1. The van der Waals surface area contributed by atoms with Crippen molar-refractivity contribution in [3.8, 4) is 6.07 Å². The second-order valence-electron chi connectivity index (χ2n) is 5.20. The summed E-state index contributed by atoms with van der Waals surface area (Å²) in [5.41, 5.74) is 7.80. The molecule has 1 aromatic heterocycles. The van der Waals surface area contributed by atoms with Crippen molar-refractivity contribution in [3.63, 3.8) is 0 Å². The molecule has 0 aliphatic rings. The molecule has 2 aromatic rings. The number of hydrogen-bond donors (Lipinski definition) is 2. The van der Waals surface area contributed by atoms with Crippen LogP contribution in [-0.4, -0.2) is 23.5 Å². The summed E-state index contributed by atoms with van der Waals surface area (Å²) in [6.07, 6.45) is 2.22. The second-order valence-corrected chi connectivity index (χ2v) is 5.20. The molecule has 7 heteroatoms. The third kappa shape index (κ3) is 5.62. The number of amides is 1. The number of aliphatic imine (C=N–C) groups is 1. The van der Waals surface area contributed by atoms with Gasteiger partial charge >= 0.3 is 0 Å². The first kappa shape index (κ1) is 17.9. The number of benzene rings is 1. The van der Waals surface area contributed by atoms with Gasteiger partial charge in [-0.25, -0.2) is 9.98 Å². The molecule has 2 rings (SSSR count). The van der Waals surface area contributed by atoms with E-state index in [9.17, 15) is 4.79 Å². The molecule has 0 fully saturated rings. The highest BCUT2D eigenvalue weighted by atomic mass is 16.5. The SMILES string of the molecule is CCCOC(N)=NCc1cccc(NC(=O)c2ccc(C#N)cn2)c1. The van der Waals surface area contributed by atoms with Crippen LogP contribution in [0.5, 0.6) is 0 Å². The molecule has 1 heterocycles. The molecule has 0 saturated carbocycles. The van der Waals surface area contributed by atoms with Crippen molar-refractivity contribution < 1.29 is 9.53 Å². The predicted octanol–water partition coefficient (Wildman–Crippen LogP) is 2.45. The quantitative estimate of drug-likeness (QED) is 0.621. The van der Waals surface area contributed by atoms with Crippen molar-refractivity contribution in [2.75, 3.05) is 11.9 Å². The Labute approximate surface area is 146 Å². The van der Waals surface area contributed by atoms with Crippen LogP contribution >= 0.6 is 0 Å². The second kappa shape index (κ2) is 9.03. The summed E-state index contributed by atoms with van der Waals surface area (Å²) >= 11 is 0. The third-order valence-corrected chi connectivity index (χ3v) is 3.18. The fourth-order valence-corrected chi connectivity index (χ4v) is 1.96. The Morgan fingerprint density at radius 1 is 1.40 bits per heavy atom. The Bertz CT molecular complexity index is 794. The first-order chi connectivity index (χ1) is 12.1. The fraction of sp³-hybridized carbons (Fsp3) is 0.222. The van der Waals surface area contributed by atoms with Crippen LogP contribution in [-0.2, 0) is 11.3 Å². The van der Waals surface area contributed by atoms with Gasteiger partial charge in [0.15, 0.2) is 0 Å². The Morgan fingerprint density at radius 2 is 2.24 bits per heavy atom. The van der Waals surface area contributed by atoms with E-state index in [1.807, 2.05) is 25.1 Å². The number of nitriles is 1. The Kier molecular flexibility index (Phi) is 6.48. The molecular weight excluding hydrogens is 318 g/mol. The molecule has 25 heavy (non-hydrogen) atoms. The van der Waals surface area contributed by atoms with Crippen LogP contribution in [0.25, 0.3) is 0 Å². The van der Waals surface area contributed by atoms with Gasteiger partial charge in [-0.15, -0.1) is 0 Å². The Hall–Kier alpha value is -3.40. The number of carbonyl (C=O) groups is 1. The number of ether oxygens (including phenoxy) is 1. The van der Waals surface area contributed by atoms with Crippen LogP contribution in [0.3, 0.4) is 0 Å². The molecule has 0 saturated heterocycles. The van der Waals surface area contributed by atoms with Gasteiger partial charge in [0.25, 0.3) is 11.9 Å². The summed E-state index contributed by atoms with van der Waals surface area (Å²) in [6.45, 7) is 2.87. The summed E-state index contributed by atoms with van der Waals surface area (Å²) in [5.74, 6) is -0.351. The Balaban J connectivity index is 2.00. The van der Waals surface area contributed by atoms with E-state index in [0.29, 0.717) is 24.4 Å². The summed E-state index contributed by atoms with van der Waals surface area (Å²) < 4.78 is 5.21. The van der Waals surface area contributed by atoms with Crippen molar-refractivity contribution in [2.24, 2.45) is 10.7 Å². The minimum Gasteiger partial charge on any atom is -0.465 e. The van der Waals surface area contributed by atoms with Crippen LogP contribution in [0.4, 0.5) is 5.69 Å². The molecule has 0 bridgehead atoms. The molecule has 0 atom stereocenters. The molecule has 0 aliphatic heterocycles. The highest BCUT2D eigenvalue weighted by Gasteiger charge is 2.08. The van der Waals surface area contributed by atoms with E-state index in [1.165, 1.54) is 12.3 Å². The smallest absolute Gasteiger partial charge is 0.282 e. The standard InChI is InChI=1S/C18H19N5O2/c1-2-8-25-18(20)22-11-13-4-3-5-15(9-13)23-17(24)16-7-6-14(10-19)12-21-16/h3-7,9,12H,2,8,11H2,1H3,(H2,20,22)(H,23,24). The lowest BCUT2D eigenvalue weighted by Crippen LogP contribution is -2.17. The van der Waals surface area contributed by atoms with Crippen LogP contribution in [0, 0.1) is 11.3 Å². The summed E-state index contributed by atoms with van der Waals surface area (Å²) in [5, 5.41) is 11.5.